The highest BCUT2D eigenvalue weighted by atomic mass is 16.5. The third kappa shape index (κ3) is 1.66. The maximum absolute atomic E-state index is 8.59. The molecule has 1 atom stereocenters. The molecular weight excluding hydrogens is 182 g/mol. The zero-order valence-corrected chi connectivity index (χ0v) is 7.77. The molecule has 0 bridgehead atoms. The smallest absolute Gasteiger partial charge is 0.127 e. The van der Waals surface area contributed by atoms with Gasteiger partial charge in [0.1, 0.15) is 24.7 Å². The minimum Gasteiger partial charge on any atom is -0.491 e. The van der Waals surface area contributed by atoms with E-state index in [1.165, 1.54) is 0 Å². The topological polar surface area (TPSA) is 64.7 Å². The average molecular weight is 195 g/mol. The van der Waals surface area contributed by atoms with E-state index in [1.807, 2.05) is 12.1 Å². The van der Waals surface area contributed by atoms with Gasteiger partial charge in [0.15, 0.2) is 0 Å². The largest absolute Gasteiger partial charge is 0.491 e. The van der Waals surface area contributed by atoms with E-state index in [4.69, 9.17) is 20.3 Å². The molecule has 0 aliphatic carbocycles. The molecule has 0 spiro atoms. The molecule has 0 fully saturated rings. The molecule has 1 aliphatic heterocycles. The predicted octanol–water partition coefficient (Wildman–Crippen LogP) is 0.450. The second-order valence-corrected chi connectivity index (χ2v) is 3.19. The van der Waals surface area contributed by atoms with Crippen LogP contribution in [0.2, 0.25) is 0 Å². The fourth-order valence-electron chi connectivity index (χ4n) is 1.47. The molecule has 3 N–H and O–H groups in total. The zero-order chi connectivity index (χ0) is 9.97. The molecule has 4 nitrogen and oxygen atoms in total. The number of ether oxygens (including phenoxy) is 2. The van der Waals surface area contributed by atoms with Crippen molar-refractivity contribution in [3.05, 3.63) is 23.8 Å². The minimum atomic E-state index is -0.0307. The van der Waals surface area contributed by atoms with Crippen LogP contribution in [0.5, 0.6) is 11.5 Å². The molecule has 1 aliphatic rings. The van der Waals surface area contributed by atoms with E-state index >= 15 is 0 Å². The molecule has 76 valence electrons. The van der Waals surface area contributed by atoms with E-state index in [2.05, 4.69) is 0 Å². The lowest BCUT2D eigenvalue weighted by atomic mass is 10.1. The van der Waals surface area contributed by atoms with Gasteiger partial charge >= 0.3 is 0 Å². The Morgan fingerprint density at radius 2 is 2.43 bits per heavy atom. The number of fused-ring (bicyclic) bond motifs is 1. The molecule has 0 saturated heterocycles. The van der Waals surface area contributed by atoms with Crippen LogP contribution >= 0.6 is 0 Å². The van der Waals surface area contributed by atoms with Crippen LogP contribution in [-0.4, -0.2) is 24.9 Å². The van der Waals surface area contributed by atoms with Crippen molar-refractivity contribution in [2.45, 2.75) is 6.04 Å². The van der Waals surface area contributed by atoms with Crippen molar-refractivity contribution in [2.24, 2.45) is 5.73 Å². The summed E-state index contributed by atoms with van der Waals surface area (Å²) in [5, 5.41) is 8.59. The zero-order valence-electron chi connectivity index (χ0n) is 7.77. The lowest BCUT2D eigenvalue weighted by Crippen LogP contribution is -2.10. The van der Waals surface area contributed by atoms with Gasteiger partial charge in [0.05, 0.1) is 12.6 Å². The summed E-state index contributed by atoms with van der Waals surface area (Å²) in [6.07, 6.45) is 0. The second kappa shape index (κ2) is 3.86. The first kappa shape index (κ1) is 9.30. The molecule has 1 aromatic rings. The van der Waals surface area contributed by atoms with E-state index in [9.17, 15) is 0 Å². The Kier molecular flexibility index (Phi) is 2.56. The van der Waals surface area contributed by atoms with Gasteiger partial charge in [-0.2, -0.15) is 0 Å². The maximum Gasteiger partial charge on any atom is 0.127 e. The van der Waals surface area contributed by atoms with Gasteiger partial charge < -0.3 is 20.3 Å². The molecule has 0 saturated carbocycles. The third-order valence-corrected chi connectivity index (χ3v) is 2.16. The molecule has 1 heterocycles. The fourth-order valence-corrected chi connectivity index (χ4v) is 1.47. The van der Waals surface area contributed by atoms with Crippen molar-refractivity contribution in [1.82, 2.24) is 0 Å². The summed E-state index contributed by atoms with van der Waals surface area (Å²) >= 11 is 0. The molecule has 4 heteroatoms. The standard InChI is InChI=1S/C10H13NO3/c11-9-6-14-10-5-7(13-4-3-12)1-2-8(9)10/h1-2,5,9,12H,3-4,6,11H2. The third-order valence-electron chi connectivity index (χ3n) is 2.16. The predicted molar refractivity (Wildman–Crippen MR) is 51.4 cm³/mol. The molecule has 2 rings (SSSR count). The normalized spacial score (nSPS) is 18.9. The first-order valence-electron chi connectivity index (χ1n) is 4.57. The summed E-state index contributed by atoms with van der Waals surface area (Å²) in [4.78, 5) is 0. The maximum atomic E-state index is 8.59. The van der Waals surface area contributed by atoms with Gasteiger partial charge in [-0.1, -0.05) is 0 Å². The van der Waals surface area contributed by atoms with Gasteiger partial charge in [0, 0.05) is 11.6 Å². The summed E-state index contributed by atoms with van der Waals surface area (Å²) < 4.78 is 10.6. The van der Waals surface area contributed by atoms with Crippen LogP contribution in [-0.2, 0) is 0 Å². The van der Waals surface area contributed by atoms with Crippen LogP contribution in [0, 0.1) is 0 Å². The molecule has 0 aromatic heterocycles. The molecule has 1 aromatic carbocycles. The first-order chi connectivity index (χ1) is 6.81. The quantitative estimate of drug-likeness (QED) is 0.735. The molecular formula is C10H13NO3. The fraction of sp³-hybridized carbons (Fsp3) is 0.400. The molecule has 0 amide bonds. The van der Waals surface area contributed by atoms with Crippen molar-refractivity contribution >= 4 is 0 Å². The van der Waals surface area contributed by atoms with Crippen molar-refractivity contribution in [3.63, 3.8) is 0 Å². The second-order valence-electron chi connectivity index (χ2n) is 3.19. The van der Waals surface area contributed by atoms with Crippen molar-refractivity contribution in [2.75, 3.05) is 19.8 Å². The summed E-state index contributed by atoms with van der Waals surface area (Å²) in [6.45, 7) is 0.834. The monoisotopic (exact) mass is 195 g/mol. The van der Waals surface area contributed by atoms with Gasteiger partial charge in [-0.05, 0) is 12.1 Å². The van der Waals surface area contributed by atoms with Crippen molar-refractivity contribution < 1.29 is 14.6 Å². The van der Waals surface area contributed by atoms with Crippen LogP contribution in [0.25, 0.3) is 0 Å². The summed E-state index contributed by atoms with van der Waals surface area (Å²) in [6, 6.07) is 5.51. The Morgan fingerprint density at radius 1 is 1.57 bits per heavy atom. The van der Waals surface area contributed by atoms with Gasteiger partial charge in [-0.3, -0.25) is 0 Å². The number of hydrogen-bond donors (Lipinski definition) is 2. The average Bonchev–Trinajstić information content (AvgIpc) is 2.57. The highest BCUT2D eigenvalue weighted by molar-refractivity contribution is 5.44. The van der Waals surface area contributed by atoms with Gasteiger partial charge in [-0.15, -0.1) is 0 Å². The van der Waals surface area contributed by atoms with E-state index in [0.29, 0.717) is 19.0 Å². The number of aliphatic hydroxyl groups is 1. The Hall–Kier alpha value is -1.26. The molecule has 14 heavy (non-hydrogen) atoms. The summed E-state index contributed by atoms with van der Waals surface area (Å²) in [7, 11) is 0. The van der Waals surface area contributed by atoms with Crippen molar-refractivity contribution in [1.29, 1.82) is 0 Å². The van der Waals surface area contributed by atoms with Gasteiger partial charge in [0.2, 0.25) is 0 Å². The molecule has 0 radical (unpaired) electrons. The molecule has 1 unspecified atom stereocenters. The van der Waals surface area contributed by atoms with Crippen LogP contribution in [0.15, 0.2) is 18.2 Å². The minimum absolute atomic E-state index is 0.0114. The Morgan fingerprint density at radius 3 is 3.21 bits per heavy atom. The summed E-state index contributed by atoms with van der Waals surface area (Å²) in [5.41, 5.74) is 6.81. The number of nitrogens with two attached hydrogens (primary N) is 1. The van der Waals surface area contributed by atoms with Crippen LogP contribution in [0.1, 0.15) is 11.6 Å². The number of hydrogen-bond acceptors (Lipinski definition) is 4. The van der Waals surface area contributed by atoms with E-state index in [0.717, 1.165) is 11.3 Å². The SMILES string of the molecule is NC1COc2cc(OCCO)ccc21. The Bertz CT molecular complexity index is 327. The van der Waals surface area contributed by atoms with Crippen LogP contribution in [0.3, 0.4) is 0 Å². The van der Waals surface area contributed by atoms with Crippen LogP contribution in [0.4, 0.5) is 0 Å². The van der Waals surface area contributed by atoms with Crippen LogP contribution < -0.4 is 15.2 Å². The lowest BCUT2D eigenvalue weighted by molar-refractivity contribution is 0.201. The number of aliphatic hydroxyl groups excluding tert-OH is 1. The Balaban J connectivity index is 2.15. The van der Waals surface area contributed by atoms with E-state index < -0.39 is 0 Å². The highest BCUT2D eigenvalue weighted by Crippen LogP contribution is 2.33. The van der Waals surface area contributed by atoms with Gasteiger partial charge in [-0.25, -0.2) is 0 Å². The number of rotatable bonds is 3. The number of benzene rings is 1. The van der Waals surface area contributed by atoms with Crippen molar-refractivity contribution in [3.8, 4) is 11.5 Å². The van der Waals surface area contributed by atoms with E-state index in [1.54, 1.807) is 6.07 Å². The Labute approximate surface area is 82.2 Å². The van der Waals surface area contributed by atoms with Gasteiger partial charge in [0.25, 0.3) is 0 Å². The van der Waals surface area contributed by atoms with E-state index in [-0.39, 0.29) is 12.6 Å². The highest BCUT2D eigenvalue weighted by Gasteiger charge is 2.20. The lowest BCUT2D eigenvalue weighted by Gasteiger charge is -2.06. The first-order valence-corrected chi connectivity index (χ1v) is 4.57. The summed E-state index contributed by atoms with van der Waals surface area (Å²) in [5.74, 6) is 1.49.